The van der Waals surface area contributed by atoms with Gasteiger partial charge in [0.2, 0.25) is 6.41 Å². The topological polar surface area (TPSA) is 58.2 Å². The minimum atomic E-state index is -4.74. The second-order valence-electron chi connectivity index (χ2n) is 4.39. The van der Waals surface area contributed by atoms with Crippen LogP contribution in [-0.2, 0) is 15.8 Å². The van der Waals surface area contributed by atoms with E-state index in [-0.39, 0.29) is 12.0 Å². The Bertz CT molecular complexity index is 665. The average Bonchev–Trinajstić information content (AvgIpc) is 2.46. The molecule has 2 rings (SSSR count). The number of benzene rings is 1. The normalized spacial score (nSPS) is 17.5. The molecule has 2 amide bonds. The van der Waals surface area contributed by atoms with Gasteiger partial charge in [-0.15, -0.1) is 0 Å². The molecule has 0 fully saturated rings. The average molecular weight is 314 g/mol. The molecule has 0 spiro atoms. The molecule has 1 unspecified atom stereocenters. The van der Waals surface area contributed by atoms with Gasteiger partial charge in [-0.25, -0.2) is 4.39 Å². The lowest BCUT2D eigenvalue weighted by atomic mass is 9.95. The van der Waals surface area contributed by atoms with Gasteiger partial charge in [-0.2, -0.15) is 13.2 Å². The Labute approximate surface area is 122 Å². The highest BCUT2D eigenvalue weighted by Gasteiger charge is 2.35. The van der Waals surface area contributed by atoms with Crippen LogP contribution in [0.15, 0.2) is 36.6 Å². The molecular weight excluding hydrogens is 304 g/mol. The zero-order valence-electron chi connectivity index (χ0n) is 10.9. The first-order valence-corrected chi connectivity index (χ1v) is 6.09. The van der Waals surface area contributed by atoms with Crippen LogP contribution >= 0.6 is 0 Å². The Kier molecular flexibility index (Phi) is 4.30. The highest BCUT2D eigenvalue weighted by molar-refractivity contribution is 5.94. The molecule has 0 bridgehead atoms. The van der Waals surface area contributed by atoms with Gasteiger partial charge in [0.1, 0.15) is 11.9 Å². The summed E-state index contributed by atoms with van der Waals surface area (Å²) in [5.74, 6) is -1.82. The van der Waals surface area contributed by atoms with Crippen LogP contribution in [-0.4, -0.2) is 18.4 Å². The minimum absolute atomic E-state index is 0.102. The van der Waals surface area contributed by atoms with Crippen molar-refractivity contribution in [2.75, 3.05) is 0 Å². The fourth-order valence-electron chi connectivity index (χ4n) is 2.04. The number of hydrogen-bond acceptors (Lipinski definition) is 3. The van der Waals surface area contributed by atoms with Crippen molar-refractivity contribution >= 4 is 17.9 Å². The summed E-state index contributed by atoms with van der Waals surface area (Å²) in [6, 6.07) is 1.55. The third-order valence-electron chi connectivity index (χ3n) is 2.98. The Morgan fingerprint density at radius 1 is 1.32 bits per heavy atom. The molecule has 1 atom stereocenters. The van der Waals surface area contributed by atoms with Crippen molar-refractivity contribution in [3.63, 3.8) is 0 Å². The number of dihydropyridines is 1. The van der Waals surface area contributed by atoms with Crippen LogP contribution in [0.2, 0.25) is 0 Å². The summed E-state index contributed by atoms with van der Waals surface area (Å²) in [6.45, 7) is 0. The lowest BCUT2D eigenvalue weighted by Gasteiger charge is -2.20. The molecule has 2 N–H and O–H groups in total. The van der Waals surface area contributed by atoms with Crippen LogP contribution < -0.4 is 10.6 Å². The maximum atomic E-state index is 13.9. The van der Waals surface area contributed by atoms with Crippen LogP contribution in [0.4, 0.5) is 17.6 Å². The summed E-state index contributed by atoms with van der Waals surface area (Å²) < 4.78 is 52.9. The van der Waals surface area contributed by atoms with Gasteiger partial charge in [0.15, 0.2) is 0 Å². The smallest absolute Gasteiger partial charge is 0.376 e. The number of carbonyl (C=O) groups is 2. The predicted octanol–water partition coefficient (Wildman–Crippen LogP) is 1.99. The Morgan fingerprint density at radius 3 is 2.68 bits per heavy atom. The van der Waals surface area contributed by atoms with Crippen molar-refractivity contribution in [3.8, 4) is 0 Å². The molecule has 8 heteroatoms. The van der Waals surface area contributed by atoms with E-state index in [0.29, 0.717) is 0 Å². The summed E-state index contributed by atoms with van der Waals surface area (Å²) in [5, 5.41) is 4.42. The van der Waals surface area contributed by atoms with E-state index in [1.165, 1.54) is 12.3 Å². The number of allylic oxidation sites excluding steroid dienone is 2. The van der Waals surface area contributed by atoms with Crippen LogP contribution in [0.1, 0.15) is 11.1 Å². The fraction of sp³-hybridized carbons (Fsp3) is 0.143. The van der Waals surface area contributed by atoms with Crippen molar-refractivity contribution in [2.24, 2.45) is 0 Å². The highest BCUT2D eigenvalue weighted by atomic mass is 19.4. The summed E-state index contributed by atoms with van der Waals surface area (Å²) in [7, 11) is 0. The van der Waals surface area contributed by atoms with E-state index in [2.05, 4.69) is 5.32 Å². The highest BCUT2D eigenvalue weighted by Crippen LogP contribution is 2.37. The summed E-state index contributed by atoms with van der Waals surface area (Å²) in [6.07, 6.45) is -1.03. The lowest BCUT2D eigenvalue weighted by Crippen LogP contribution is -2.41. The fourth-order valence-corrected chi connectivity index (χ4v) is 2.04. The standard InChI is InChI=1S/C14H10F4N2O2/c15-10-3-1-2-9(14(16,17)18)12(10)8-4-5-19-11(6-8)13(22)20-7-21/h1-7,11,19H,(H,20,21,22). The molecule has 1 aromatic rings. The molecule has 0 radical (unpaired) electrons. The van der Waals surface area contributed by atoms with Crippen molar-refractivity contribution < 1.29 is 27.2 Å². The number of nitrogens with one attached hydrogen (secondary N) is 2. The zero-order chi connectivity index (χ0) is 16.3. The van der Waals surface area contributed by atoms with Gasteiger partial charge >= 0.3 is 6.18 Å². The van der Waals surface area contributed by atoms with E-state index < -0.39 is 35.1 Å². The van der Waals surface area contributed by atoms with Gasteiger partial charge in [-0.05, 0) is 36.1 Å². The first-order valence-electron chi connectivity index (χ1n) is 6.09. The van der Waals surface area contributed by atoms with Crippen molar-refractivity contribution in [2.45, 2.75) is 12.2 Å². The number of rotatable bonds is 3. The van der Waals surface area contributed by atoms with Gasteiger partial charge < -0.3 is 5.32 Å². The molecule has 0 aromatic heterocycles. The molecule has 0 aliphatic carbocycles. The maximum absolute atomic E-state index is 13.9. The SMILES string of the molecule is O=CNC(=O)C1C=C(c2c(F)cccc2C(F)(F)F)C=CN1. The molecule has 0 saturated heterocycles. The molecule has 1 aromatic carbocycles. The Morgan fingerprint density at radius 2 is 2.05 bits per heavy atom. The van der Waals surface area contributed by atoms with Gasteiger partial charge in [-0.1, -0.05) is 6.07 Å². The monoisotopic (exact) mass is 314 g/mol. The second kappa shape index (κ2) is 6.00. The maximum Gasteiger partial charge on any atom is 0.417 e. The summed E-state index contributed by atoms with van der Waals surface area (Å²) >= 11 is 0. The second-order valence-corrected chi connectivity index (χ2v) is 4.39. The number of amides is 2. The van der Waals surface area contributed by atoms with Gasteiger partial charge in [0.25, 0.3) is 5.91 Å². The molecular formula is C14H10F4N2O2. The third kappa shape index (κ3) is 3.16. The number of alkyl halides is 3. The van der Waals surface area contributed by atoms with E-state index >= 15 is 0 Å². The van der Waals surface area contributed by atoms with Gasteiger partial charge in [-0.3, -0.25) is 14.9 Å². The zero-order valence-corrected chi connectivity index (χ0v) is 10.9. The summed E-state index contributed by atoms with van der Waals surface area (Å²) in [5.41, 5.74) is -1.88. The largest absolute Gasteiger partial charge is 0.417 e. The molecule has 1 heterocycles. The van der Waals surface area contributed by atoms with E-state index in [9.17, 15) is 27.2 Å². The minimum Gasteiger partial charge on any atom is -0.376 e. The van der Waals surface area contributed by atoms with E-state index in [1.54, 1.807) is 0 Å². The Hall–Kier alpha value is -2.64. The molecule has 1 aliphatic rings. The van der Waals surface area contributed by atoms with Crippen LogP contribution in [0, 0.1) is 5.82 Å². The van der Waals surface area contributed by atoms with Crippen LogP contribution in [0.3, 0.4) is 0 Å². The van der Waals surface area contributed by atoms with Crippen LogP contribution in [0.5, 0.6) is 0 Å². The molecule has 116 valence electrons. The summed E-state index contributed by atoms with van der Waals surface area (Å²) in [4.78, 5) is 21.8. The lowest BCUT2D eigenvalue weighted by molar-refractivity contribution is -0.138. The first kappa shape index (κ1) is 15.7. The van der Waals surface area contributed by atoms with E-state index in [4.69, 9.17) is 0 Å². The van der Waals surface area contributed by atoms with E-state index in [1.807, 2.05) is 5.32 Å². The van der Waals surface area contributed by atoms with Crippen molar-refractivity contribution in [3.05, 3.63) is 53.5 Å². The Balaban J connectivity index is 2.49. The third-order valence-corrected chi connectivity index (χ3v) is 2.98. The first-order chi connectivity index (χ1) is 10.3. The van der Waals surface area contributed by atoms with Gasteiger partial charge in [0.05, 0.1) is 5.56 Å². The van der Waals surface area contributed by atoms with Crippen molar-refractivity contribution in [1.82, 2.24) is 10.6 Å². The van der Waals surface area contributed by atoms with E-state index in [0.717, 1.165) is 24.3 Å². The molecule has 1 aliphatic heterocycles. The predicted molar refractivity (Wildman–Crippen MR) is 69.6 cm³/mol. The van der Waals surface area contributed by atoms with Crippen molar-refractivity contribution in [1.29, 1.82) is 0 Å². The molecule has 22 heavy (non-hydrogen) atoms. The van der Waals surface area contributed by atoms with Crippen LogP contribution in [0.25, 0.3) is 5.57 Å². The van der Waals surface area contributed by atoms with Gasteiger partial charge in [0, 0.05) is 5.56 Å². The number of imide groups is 1. The molecule has 4 nitrogen and oxygen atoms in total. The molecule has 0 saturated carbocycles. The number of hydrogen-bond donors (Lipinski definition) is 2. The number of carbonyl (C=O) groups excluding carboxylic acids is 2. The number of halogens is 4. The quantitative estimate of drug-likeness (QED) is 0.662.